The van der Waals surface area contributed by atoms with Crippen LogP contribution in [0.15, 0.2) is 30.5 Å². The Balaban J connectivity index is 1.87. The highest BCUT2D eigenvalue weighted by molar-refractivity contribution is 5.91. The van der Waals surface area contributed by atoms with Crippen molar-refractivity contribution in [3.8, 4) is 5.75 Å². The van der Waals surface area contributed by atoms with E-state index in [0.29, 0.717) is 11.6 Å². The molecule has 0 saturated carbocycles. The van der Waals surface area contributed by atoms with Crippen molar-refractivity contribution in [1.29, 1.82) is 0 Å². The number of hydrogen-bond acceptors (Lipinski definition) is 3. The molecule has 0 saturated heterocycles. The molecule has 1 amide bonds. The number of aromatic amines is 1. The molecule has 0 aliphatic heterocycles. The monoisotopic (exact) mass is 245 g/mol. The first-order valence-corrected chi connectivity index (χ1v) is 5.64. The number of rotatable bonds is 4. The van der Waals surface area contributed by atoms with Crippen LogP contribution in [0.2, 0.25) is 0 Å². The smallest absolute Gasteiger partial charge is 0.263 e. The van der Waals surface area contributed by atoms with Crippen LogP contribution in [0.5, 0.6) is 5.75 Å². The van der Waals surface area contributed by atoms with Crippen molar-refractivity contribution in [2.24, 2.45) is 0 Å². The predicted octanol–water partition coefficient (Wildman–Crippen LogP) is 2.04. The van der Waals surface area contributed by atoms with E-state index in [2.05, 4.69) is 15.5 Å². The van der Waals surface area contributed by atoms with Crippen molar-refractivity contribution in [2.45, 2.75) is 13.8 Å². The van der Waals surface area contributed by atoms with Crippen molar-refractivity contribution in [3.63, 3.8) is 0 Å². The van der Waals surface area contributed by atoms with E-state index < -0.39 is 0 Å². The van der Waals surface area contributed by atoms with Gasteiger partial charge in [0, 0.05) is 5.56 Å². The van der Waals surface area contributed by atoms with Gasteiger partial charge in [-0.1, -0.05) is 12.1 Å². The molecule has 1 aromatic carbocycles. The number of aromatic nitrogens is 2. The van der Waals surface area contributed by atoms with Crippen molar-refractivity contribution < 1.29 is 9.53 Å². The van der Waals surface area contributed by atoms with Gasteiger partial charge >= 0.3 is 0 Å². The highest BCUT2D eigenvalue weighted by Crippen LogP contribution is 2.12. The Bertz CT molecular complexity index is 549. The quantitative estimate of drug-likeness (QED) is 0.866. The molecule has 1 aromatic heterocycles. The topological polar surface area (TPSA) is 67.0 Å². The molecule has 0 radical (unpaired) electrons. The first-order chi connectivity index (χ1) is 8.65. The van der Waals surface area contributed by atoms with E-state index in [4.69, 9.17) is 4.74 Å². The molecule has 0 spiro atoms. The molecule has 0 bridgehead atoms. The fourth-order valence-corrected chi connectivity index (χ4v) is 1.50. The molecule has 2 rings (SSSR count). The summed E-state index contributed by atoms with van der Waals surface area (Å²) in [7, 11) is 0. The van der Waals surface area contributed by atoms with Crippen LogP contribution in [-0.4, -0.2) is 22.7 Å². The molecule has 18 heavy (non-hydrogen) atoms. The van der Waals surface area contributed by atoms with Gasteiger partial charge in [0.2, 0.25) is 0 Å². The van der Waals surface area contributed by atoms with Crippen molar-refractivity contribution in [1.82, 2.24) is 10.2 Å². The SMILES string of the molecule is Cc1cccc(OCC(=O)Nc2[nH]ncc2C)c1. The van der Waals surface area contributed by atoms with E-state index in [0.717, 1.165) is 11.1 Å². The van der Waals surface area contributed by atoms with Gasteiger partial charge in [-0.25, -0.2) is 0 Å². The Morgan fingerprint density at radius 3 is 2.94 bits per heavy atom. The van der Waals surface area contributed by atoms with Crippen LogP contribution in [0.3, 0.4) is 0 Å². The van der Waals surface area contributed by atoms with Crippen LogP contribution in [0, 0.1) is 13.8 Å². The average molecular weight is 245 g/mol. The Kier molecular flexibility index (Phi) is 3.62. The zero-order valence-electron chi connectivity index (χ0n) is 10.4. The van der Waals surface area contributed by atoms with Gasteiger partial charge in [0.25, 0.3) is 5.91 Å². The number of benzene rings is 1. The number of nitrogens with one attached hydrogen (secondary N) is 2. The molecule has 2 N–H and O–H groups in total. The maximum atomic E-state index is 11.6. The zero-order valence-corrected chi connectivity index (χ0v) is 10.4. The summed E-state index contributed by atoms with van der Waals surface area (Å²) in [6.07, 6.45) is 1.65. The van der Waals surface area contributed by atoms with Crippen molar-refractivity contribution in [2.75, 3.05) is 11.9 Å². The van der Waals surface area contributed by atoms with Crippen LogP contribution >= 0.6 is 0 Å². The number of anilines is 1. The molecule has 5 heteroatoms. The second kappa shape index (κ2) is 5.35. The summed E-state index contributed by atoms with van der Waals surface area (Å²) >= 11 is 0. The molecule has 94 valence electrons. The number of H-pyrrole nitrogens is 1. The standard InChI is InChI=1S/C13H15N3O2/c1-9-4-3-5-11(6-9)18-8-12(17)15-13-10(2)7-14-16-13/h3-7H,8H2,1-2H3,(H2,14,15,16,17). The maximum absolute atomic E-state index is 11.6. The minimum Gasteiger partial charge on any atom is -0.484 e. The lowest BCUT2D eigenvalue weighted by Crippen LogP contribution is -2.20. The molecule has 0 atom stereocenters. The van der Waals surface area contributed by atoms with Gasteiger partial charge in [-0.05, 0) is 31.5 Å². The third kappa shape index (κ3) is 3.10. The summed E-state index contributed by atoms with van der Waals surface area (Å²) < 4.78 is 5.39. The van der Waals surface area contributed by atoms with Crippen LogP contribution < -0.4 is 10.1 Å². The molecule has 0 unspecified atom stereocenters. The lowest BCUT2D eigenvalue weighted by Gasteiger charge is -2.07. The number of amides is 1. The highest BCUT2D eigenvalue weighted by Gasteiger charge is 2.06. The predicted molar refractivity (Wildman–Crippen MR) is 68.6 cm³/mol. The molecular weight excluding hydrogens is 230 g/mol. The molecule has 5 nitrogen and oxygen atoms in total. The minimum absolute atomic E-state index is 0.0259. The Hall–Kier alpha value is -2.30. The van der Waals surface area contributed by atoms with E-state index in [1.54, 1.807) is 6.20 Å². The average Bonchev–Trinajstić information content (AvgIpc) is 2.73. The van der Waals surface area contributed by atoms with Gasteiger partial charge in [0.05, 0.1) is 6.20 Å². The third-order valence-electron chi connectivity index (χ3n) is 2.45. The van der Waals surface area contributed by atoms with Crippen molar-refractivity contribution in [3.05, 3.63) is 41.6 Å². The summed E-state index contributed by atoms with van der Waals surface area (Å²) in [5.41, 5.74) is 1.98. The van der Waals surface area contributed by atoms with Crippen LogP contribution in [0.4, 0.5) is 5.82 Å². The van der Waals surface area contributed by atoms with Gasteiger partial charge in [0.1, 0.15) is 11.6 Å². The fourth-order valence-electron chi connectivity index (χ4n) is 1.50. The first kappa shape index (κ1) is 12.2. The largest absolute Gasteiger partial charge is 0.484 e. The number of aryl methyl sites for hydroxylation is 2. The Morgan fingerprint density at radius 2 is 2.28 bits per heavy atom. The van der Waals surface area contributed by atoms with Gasteiger partial charge in [-0.3, -0.25) is 9.89 Å². The normalized spacial score (nSPS) is 10.1. The molecule has 0 aliphatic rings. The lowest BCUT2D eigenvalue weighted by molar-refractivity contribution is -0.118. The molecule has 0 fully saturated rings. The van der Waals surface area contributed by atoms with E-state index in [-0.39, 0.29) is 12.5 Å². The van der Waals surface area contributed by atoms with Gasteiger partial charge in [-0.15, -0.1) is 0 Å². The number of ether oxygens (including phenoxy) is 1. The Morgan fingerprint density at radius 1 is 1.44 bits per heavy atom. The summed E-state index contributed by atoms with van der Waals surface area (Å²) in [6.45, 7) is 3.81. The summed E-state index contributed by atoms with van der Waals surface area (Å²) in [4.78, 5) is 11.6. The van der Waals surface area contributed by atoms with E-state index in [1.165, 1.54) is 0 Å². The Labute approximate surface area is 105 Å². The van der Waals surface area contributed by atoms with Crippen LogP contribution in [0.25, 0.3) is 0 Å². The third-order valence-corrected chi connectivity index (χ3v) is 2.45. The van der Waals surface area contributed by atoms with Crippen molar-refractivity contribution >= 4 is 11.7 Å². The second-order valence-corrected chi connectivity index (χ2v) is 4.08. The van der Waals surface area contributed by atoms with Gasteiger partial charge in [0.15, 0.2) is 6.61 Å². The molecular formula is C13H15N3O2. The number of carbonyl (C=O) groups excluding carboxylic acids is 1. The number of hydrogen-bond donors (Lipinski definition) is 2. The minimum atomic E-state index is -0.219. The molecule has 2 aromatic rings. The van der Waals surface area contributed by atoms with E-state index in [1.807, 2.05) is 38.1 Å². The first-order valence-electron chi connectivity index (χ1n) is 5.64. The molecule has 1 heterocycles. The van der Waals surface area contributed by atoms with E-state index >= 15 is 0 Å². The number of nitrogens with zero attached hydrogens (tertiary/aromatic N) is 1. The summed E-state index contributed by atoms with van der Waals surface area (Å²) in [5, 5.41) is 9.22. The van der Waals surface area contributed by atoms with Crippen LogP contribution in [-0.2, 0) is 4.79 Å². The fraction of sp³-hybridized carbons (Fsp3) is 0.231. The maximum Gasteiger partial charge on any atom is 0.263 e. The lowest BCUT2D eigenvalue weighted by atomic mass is 10.2. The van der Waals surface area contributed by atoms with Gasteiger partial charge < -0.3 is 10.1 Å². The highest BCUT2D eigenvalue weighted by atomic mass is 16.5. The summed E-state index contributed by atoms with van der Waals surface area (Å²) in [5.74, 6) is 1.07. The van der Waals surface area contributed by atoms with Crippen LogP contribution in [0.1, 0.15) is 11.1 Å². The second-order valence-electron chi connectivity index (χ2n) is 4.08. The van der Waals surface area contributed by atoms with E-state index in [9.17, 15) is 4.79 Å². The summed E-state index contributed by atoms with van der Waals surface area (Å²) in [6, 6.07) is 7.57. The van der Waals surface area contributed by atoms with Gasteiger partial charge in [-0.2, -0.15) is 5.10 Å². The number of carbonyl (C=O) groups is 1. The molecule has 0 aliphatic carbocycles. The zero-order chi connectivity index (χ0) is 13.0.